The molecule has 1 heterocycles. The molecule has 1 saturated heterocycles. The Kier molecular flexibility index (Phi) is 6.82. The summed E-state index contributed by atoms with van der Waals surface area (Å²) in [4.78, 5) is 12.8. The first-order chi connectivity index (χ1) is 13.8. The second kappa shape index (κ2) is 9.15. The van der Waals surface area contributed by atoms with Gasteiger partial charge in [-0.05, 0) is 61.2 Å². The highest BCUT2D eigenvalue weighted by Crippen LogP contribution is 2.27. The van der Waals surface area contributed by atoms with Crippen molar-refractivity contribution in [2.75, 3.05) is 20.2 Å². The van der Waals surface area contributed by atoms with E-state index in [2.05, 4.69) is 5.32 Å². The van der Waals surface area contributed by atoms with Crippen LogP contribution < -0.4 is 10.1 Å². The van der Waals surface area contributed by atoms with Crippen molar-refractivity contribution < 1.29 is 17.9 Å². The first-order valence-electron chi connectivity index (χ1n) is 9.48. The fourth-order valence-corrected chi connectivity index (χ4v) is 5.21. The molecule has 2 aromatic carbocycles. The van der Waals surface area contributed by atoms with Crippen LogP contribution in [0.4, 0.5) is 0 Å². The quantitative estimate of drug-likeness (QED) is 0.753. The minimum atomic E-state index is -3.66. The average molecular weight is 437 g/mol. The first kappa shape index (κ1) is 21.6. The summed E-state index contributed by atoms with van der Waals surface area (Å²) in [5.74, 6) is 0.137. The van der Waals surface area contributed by atoms with Crippen LogP contribution in [0.15, 0.2) is 47.4 Å². The van der Waals surface area contributed by atoms with Gasteiger partial charge in [-0.1, -0.05) is 23.7 Å². The molecule has 0 bridgehead atoms. The average Bonchev–Trinajstić information content (AvgIpc) is 2.73. The molecule has 3 rings (SSSR count). The number of piperidine rings is 1. The van der Waals surface area contributed by atoms with Gasteiger partial charge in [0.1, 0.15) is 5.75 Å². The molecular formula is C21H25ClN2O4S. The Morgan fingerprint density at radius 3 is 2.62 bits per heavy atom. The number of aryl methyl sites for hydroxylation is 1. The zero-order chi connectivity index (χ0) is 21.0. The molecule has 2 aromatic rings. The number of amides is 1. The van der Waals surface area contributed by atoms with Crippen LogP contribution in [0.25, 0.3) is 0 Å². The Morgan fingerprint density at radius 2 is 1.97 bits per heavy atom. The van der Waals surface area contributed by atoms with E-state index in [-0.39, 0.29) is 23.3 Å². The van der Waals surface area contributed by atoms with E-state index < -0.39 is 10.0 Å². The first-order valence-corrected chi connectivity index (χ1v) is 11.3. The molecule has 1 aliphatic heterocycles. The lowest BCUT2D eigenvalue weighted by molar-refractivity contribution is -0.126. The van der Waals surface area contributed by atoms with E-state index >= 15 is 0 Å². The third-order valence-corrected chi connectivity index (χ3v) is 7.25. The van der Waals surface area contributed by atoms with Gasteiger partial charge in [0.25, 0.3) is 0 Å². The fraction of sp³-hybridized carbons (Fsp3) is 0.381. The Morgan fingerprint density at radius 1 is 1.24 bits per heavy atom. The van der Waals surface area contributed by atoms with Crippen LogP contribution in [0, 0.1) is 12.8 Å². The summed E-state index contributed by atoms with van der Waals surface area (Å²) < 4.78 is 32.7. The van der Waals surface area contributed by atoms with Gasteiger partial charge >= 0.3 is 0 Å². The fourth-order valence-electron chi connectivity index (χ4n) is 3.47. The van der Waals surface area contributed by atoms with Crippen LogP contribution in [0.5, 0.6) is 5.75 Å². The molecule has 0 unspecified atom stereocenters. The van der Waals surface area contributed by atoms with Gasteiger partial charge in [-0.25, -0.2) is 8.42 Å². The molecule has 1 atom stereocenters. The lowest BCUT2D eigenvalue weighted by Gasteiger charge is -2.31. The van der Waals surface area contributed by atoms with E-state index in [9.17, 15) is 13.2 Å². The van der Waals surface area contributed by atoms with Gasteiger partial charge < -0.3 is 10.1 Å². The zero-order valence-electron chi connectivity index (χ0n) is 16.5. The van der Waals surface area contributed by atoms with Gasteiger partial charge in [0.05, 0.1) is 17.9 Å². The second-order valence-corrected chi connectivity index (χ2v) is 9.55. The zero-order valence-corrected chi connectivity index (χ0v) is 18.1. The molecule has 0 aromatic heterocycles. The number of benzene rings is 2. The molecule has 1 N–H and O–H groups in total. The van der Waals surface area contributed by atoms with Crippen molar-refractivity contribution in [1.29, 1.82) is 0 Å². The number of methoxy groups -OCH3 is 1. The van der Waals surface area contributed by atoms with Gasteiger partial charge in [-0.15, -0.1) is 0 Å². The molecule has 29 heavy (non-hydrogen) atoms. The van der Waals surface area contributed by atoms with Crippen LogP contribution in [0.2, 0.25) is 5.02 Å². The molecule has 0 saturated carbocycles. The van der Waals surface area contributed by atoms with Crippen molar-refractivity contribution in [2.24, 2.45) is 5.92 Å². The minimum Gasteiger partial charge on any atom is -0.496 e. The smallest absolute Gasteiger partial charge is 0.243 e. The maximum absolute atomic E-state index is 13.1. The van der Waals surface area contributed by atoms with Crippen LogP contribution >= 0.6 is 11.6 Å². The monoisotopic (exact) mass is 436 g/mol. The Bertz CT molecular complexity index is 977. The van der Waals surface area contributed by atoms with Crippen molar-refractivity contribution in [1.82, 2.24) is 9.62 Å². The number of carbonyl (C=O) groups is 1. The van der Waals surface area contributed by atoms with Gasteiger partial charge in [-0.3, -0.25) is 4.79 Å². The van der Waals surface area contributed by atoms with Gasteiger partial charge in [-0.2, -0.15) is 4.31 Å². The summed E-state index contributed by atoms with van der Waals surface area (Å²) in [6, 6.07) is 12.1. The summed E-state index contributed by atoms with van der Waals surface area (Å²) in [7, 11) is -2.11. The molecule has 0 radical (unpaired) electrons. The number of rotatable bonds is 6. The third kappa shape index (κ3) is 5.10. The van der Waals surface area contributed by atoms with Crippen molar-refractivity contribution in [2.45, 2.75) is 31.2 Å². The molecule has 1 fully saturated rings. The van der Waals surface area contributed by atoms with E-state index in [4.69, 9.17) is 16.3 Å². The van der Waals surface area contributed by atoms with E-state index in [1.807, 2.05) is 12.1 Å². The van der Waals surface area contributed by atoms with Crippen molar-refractivity contribution >= 4 is 27.5 Å². The molecule has 0 spiro atoms. The number of hydrogen-bond donors (Lipinski definition) is 1. The third-order valence-electron chi connectivity index (χ3n) is 5.14. The lowest BCUT2D eigenvalue weighted by Crippen LogP contribution is -2.45. The highest BCUT2D eigenvalue weighted by atomic mass is 35.5. The predicted octanol–water partition coefficient (Wildman–Crippen LogP) is 3.37. The number of nitrogens with one attached hydrogen (secondary N) is 1. The molecular weight excluding hydrogens is 412 g/mol. The number of halogens is 1. The normalized spacial score (nSPS) is 17.7. The number of hydrogen-bond acceptors (Lipinski definition) is 4. The predicted molar refractivity (Wildman–Crippen MR) is 113 cm³/mol. The van der Waals surface area contributed by atoms with E-state index in [0.29, 0.717) is 36.7 Å². The number of sulfonamides is 1. The van der Waals surface area contributed by atoms with Gasteiger partial charge in [0, 0.05) is 24.7 Å². The van der Waals surface area contributed by atoms with Crippen molar-refractivity contribution in [3.8, 4) is 5.75 Å². The lowest BCUT2D eigenvalue weighted by atomic mass is 9.99. The summed E-state index contributed by atoms with van der Waals surface area (Å²) in [6.07, 6.45) is 1.31. The standard InChI is InChI=1S/C21H25ClN2O4S/c1-15-12-19(9-10-20(15)28-2)29(26,27)24-11-3-4-17(14-24)21(25)23-13-16-5-7-18(22)8-6-16/h5-10,12,17H,3-4,11,13-14H2,1-2H3,(H,23,25)/t17-/m1/s1. The highest BCUT2D eigenvalue weighted by molar-refractivity contribution is 7.89. The topological polar surface area (TPSA) is 75.7 Å². The molecule has 1 aliphatic rings. The second-order valence-electron chi connectivity index (χ2n) is 7.18. The molecule has 1 amide bonds. The minimum absolute atomic E-state index is 0.134. The molecule has 8 heteroatoms. The number of ether oxygens (including phenoxy) is 1. The number of carbonyl (C=O) groups excluding carboxylic acids is 1. The summed E-state index contributed by atoms with van der Waals surface area (Å²) in [5.41, 5.74) is 1.69. The van der Waals surface area contributed by atoms with Crippen LogP contribution in [-0.2, 0) is 21.4 Å². The van der Waals surface area contributed by atoms with Crippen molar-refractivity contribution in [3.05, 3.63) is 58.6 Å². The van der Waals surface area contributed by atoms with E-state index in [1.165, 1.54) is 4.31 Å². The maximum atomic E-state index is 13.1. The molecule has 0 aliphatic carbocycles. The Hall–Kier alpha value is -2.09. The SMILES string of the molecule is COc1ccc(S(=O)(=O)N2CCC[C@@H](C(=O)NCc3ccc(Cl)cc3)C2)cc1C. The molecule has 6 nitrogen and oxygen atoms in total. The summed E-state index contributed by atoms with van der Waals surface area (Å²) >= 11 is 5.88. The number of nitrogens with zero attached hydrogens (tertiary/aromatic N) is 1. The van der Waals surface area contributed by atoms with Gasteiger partial charge in [0.15, 0.2) is 0 Å². The van der Waals surface area contributed by atoms with E-state index in [0.717, 1.165) is 11.1 Å². The van der Waals surface area contributed by atoms with Gasteiger partial charge in [0.2, 0.25) is 15.9 Å². The summed E-state index contributed by atoms with van der Waals surface area (Å²) in [6.45, 7) is 2.78. The Labute approximate surface area is 176 Å². The highest BCUT2D eigenvalue weighted by Gasteiger charge is 2.33. The molecule has 156 valence electrons. The van der Waals surface area contributed by atoms with Crippen molar-refractivity contribution in [3.63, 3.8) is 0 Å². The van der Waals surface area contributed by atoms with Crippen LogP contribution in [0.1, 0.15) is 24.0 Å². The van der Waals surface area contributed by atoms with E-state index in [1.54, 1.807) is 44.4 Å². The van der Waals surface area contributed by atoms with Crippen LogP contribution in [0.3, 0.4) is 0 Å². The Balaban J connectivity index is 1.66. The largest absolute Gasteiger partial charge is 0.496 e. The summed E-state index contributed by atoms with van der Waals surface area (Å²) in [5, 5.41) is 3.54. The maximum Gasteiger partial charge on any atom is 0.243 e. The van der Waals surface area contributed by atoms with Crippen LogP contribution in [-0.4, -0.2) is 38.8 Å².